The maximum atomic E-state index is 12.0. The first-order valence-corrected chi connectivity index (χ1v) is 12.0. The van der Waals surface area contributed by atoms with Gasteiger partial charge in [-0.3, -0.25) is 9.89 Å². The van der Waals surface area contributed by atoms with Crippen LogP contribution in [0.1, 0.15) is 100 Å². The number of H-pyrrole nitrogens is 1. The van der Waals surface area contributed by atoms with Crippen molar-refractivity contribution in [1.29, 1.82) is 0 Å². The van der Waals surface area contributed by atoms with Crippen molar-refractivity contribution < 1.29 is 4.79 Å². The van der Waals surface area contributed by atoms with E-state index in [0.29, 0.717) is 18.7 Å². The summed E-state index contributed by atoms with van der Waals surface area (Å²) in [6, 6.07) is 8.97. The van der Waals surface area contributed by atoms with Crippen molar-refractivity contribution in [3.63, 3.8) is 0 Å². The molecule has 0 aliphatic rings. The zero-order chi connectivity index (χ0) is 21.4. The summed E-state index contributed by atoms with van der Waals surface area (Å²) in [4.78, 5) is 12.0. The SMILES string of the molecule is Cc1ccc(CCCCCCCCCCCCCCC(=O)Cc2cn[nH]c2N)cc1. The number of nitrogen functional groups attached to an aromatic ring is 1. The molecule has 1 aromatic heterocycles. The quantitative estimate of drug-likeness (QED) is 0.284. The van der Waals surface area contributed by atoms with Crippen LogP contribution in [0, 0.1) is 6.92 Å². The molecule has 0 bridgehead atoms. The standard InChI is InChI=1S/C26H41N3O/c1-22-16-18-23(19-17-22)14-12-10-8-6-4-2-3-5-7-9-11-13-15-25(30)20-24-21-28-29-26(24)27/h16-19,21H,2-15,20H2,1H3,(H3,27,28,29). The van der Waals surface area contributed by atoms with Gasteiger partial charge in [-0.1, -0.05) is 94.0 Å². The van der Waals surface area contributed by atoms with E-state index in [0.717, 1.165) is 18.4 Å². The van der Waals surface area contributed by atoms with Crippen LogP contribution in [-0.4, -0.2) is 16.0 Å². The molecular weight excluding hydrogens is 370 g/mol. The third-order valence-electron chi connectivity index (χ3n) is 5.93. The van der Waals surface area contributed by atoms with Gasteiger partial charge in [0.2, 0.25) is 0 Å². The highest BCUT2D eigenvalue weighted by Crippen LogP contribution is 2.15. The minimum atomic E-state index is 0.266. The van der Waals surface area contributed by atoms with Gasteiger partial charge in [0, 0.05) is 18.4 Å². The molecule has 0 aliphatic heterocycles. The fourth-order valence-electron chi connectivity index (χ4n) is 3.94. The van der Waals surface area contributed by atoms with Gasteiger partial charge in [0.1, 0.15) is 11.6 Å². The van der Waals surface area contributed by atoms with E-state index in [-0.39, 0.29) is 5.78 Å². The van der Waals surface area contributed by atoms with Gasteiger partial charge < -0.3 is 5.73 Å². The number of carbonyl (C=O) groups is 1. The Morgan fingerprint density at radius 2 is 1.37 bits per heavy atom. The van der Waals surface area contributed by atoms with E-state index >= 15 is 0 Å². The summed E-state index contributed by atoms with van der Waals surface area (Å²) in [5, 5.41) is 6.53. The van der Waals surface area contributed by atoms with Crippen molar-refractivity contribution in [1.82, 2.24) is 10.2 Å². The van der Waals surface area contributed by atoms with Crippen LogP contribution in [0.4, 0.5) is 5.82 Å². The van der Waals surface area contributed by atoms with E-state index < -0.39 is 0 Å². The van der Waals surface area contributed by atoms with Crippen molar-refractivity contribution in [3.05, 3.63) is 47.2 Å². The number of nitrogens with one attached hydrogen (secondary N) is 1. The molecule has 3 N–H and O–H groups in total. The monoisotopic (exact) mass is 411 g/mol. The normalized spacial score (nSPS) is 11.1. The highest BCUT2D eigenvalue weighted by atomic mass is 16.1. The summed E-state index contributed by atoms with van der Waals surface area (Å²) in [5.74, 6) is 0.785. The number of ketones is 1. The zero-order valence-electron chi connectivity index (χ0n) is 18.9. The molecule has 30 heavy (non-hydrogen) atoms. The Kier molecular flexibility index (Phi) is 11.9. The molecule has 2 aromatic rings. The minimum Gasteiger partial charge on any atom is -0.384 e. The molecule has 0 fully saturated rings. The van der Waals surface area contributed by atoms with Crippen molar-refractivity contribution in [3.8, 4) is 0 Å². The fourth-order valence-corrected chi connectivity index (χ4v) is 3.94. The Hall–Kier alpha value is -2.10. The zero-order valence-corrected chi connectivity index (χ0v) is 18.9. The first kappa shape index (κ1) is 24.2. The molecule has 0 spiro atoms. The van der Waals surface area contributed by atoms with E-state index in [2.05, 4.69) is 41.4 Å². The van der Waals surface area contributed by atoms with Crippen LogP contribution in [0.15, 0.2) is 30.5 Å². The van der Waals surface area contributed by atoms with Crippen LogP contribution in [-0.2, 0) is 17.6 Å². The lowest BCUT2D eigenvalue weighted by Gasteiger charge is -2.04. The largest absolute Gasteiger partial charge is 0.384 e. The van der Waals surface area contributed by atoms with Gasteiger partial charge in [-0.2, -0.15) is 5.10 Å². The van der Waals surface area contributed by atoms with Crippen LogP contribution in [0.5, 0.6) is 0 Å². The second kappa shape index (κ2) is 14.8. The van der Waals surface area contributed by atoms with Gasteiger partial charge in [-0.25, -0.2) is 0 Å². The number of anilines is 1. The summed E-state index contributed by atoms with van der Waals surface area (Å²) in [7, 11) is 0. The Bertz CT molecular complexity index is 705. The van der Waals surface area contributed by atoms with Gasteiger partial charge in [0.05, 0.1) is 6.20 Å². The molecule has 166 valence electrons. The van der Waals surface area contributed by atoms with Crippen molar-refractivity contribution in [2.75, 3.05) is 5.73 Å². The molecule has 4 nitrogen and oxygen atoms in total. The number of Topliss-reactive ketones (excluding diaryl/α,β-unsaturated/α-hetero) is 1. The average molecular weight is 412 g/mol. The molecule has 0 aliphatic carbocycles. The summed E-state index contributed by atoms with van der Waals surface area (Å²) in [6.45, 7) is 2.15. The second-order valence-electron chi connectivity index (χ2n) is 8.75. The van der Waals surface area contributed by atoms with Crippen molar-refractivity contribution in [2.24, 2.45) is 0 Å². The smallest absolute Gasteiger partial charge is 0.137 e. The fraction of sp³-hybridized carbons (Fsp3) is 0.615. The Labute approximate surface area is 183 Å². The predicted molar refractivity (Wildman–Crippen MR) is 127 cm³/mol. The van der Waals surface area contributed by atoms with Crippen molar-refractivity contribution >= 4 is 11.6 Å². The number of benzene rings is 1. The molecule has 4 heteroatoms. The maximum absolute atomic E-state index is 12.0. The molecule has 0 radical (unpaired) electrons. The molecule has 0 unspecified atom stereocenters. The Balaban J connectivity index is 1.30. The summed E-state index contributed by atoms with van der Waals surface area (Å²) >= 11 is 0. The number of nitrogens with two attached hydrogens (primary N) is 1. The maximum Gasteiger partial charge on any atom is 0.137 e. The van der Waals surface area contributed by atoms with Crippen LogP contribution in [0.3, 0.4) is 0 Å². The van der Waals surface area contributed by atoms with Crippen molar-refractivity contribution in [2.45, 2.75) is 103 Å². The number of aromatic amines is 1. The van der Waals surface area contributed by atoms with E-state index in [1.165, 1.54) is 81.8 Å². The Morgan fingerprint density at radius 1 is 0.833 bits per heavy atom. The molecule has 1 aromatic carbocycles. The summed E-state index contributed by atoms with van der Waals surface area (Å²) < 4.78 is 0. The highest BCUT2D eigenvalue weighted by Gasteiger charge is 2.07. The molecule has 2 rings (SSSR count). The van der Waals surface area contributed by atoms with E-state index in [1.807, 2.05) is 0 Å². The van der Waals surface area contributed by atoms with E-state index in [4.69, 9.17) is 5.73 Å². The van der Waals surface area contributed by atoms with Gasteiger partial charge >= 0.3 is 0 Å². The molecule has 1 heterocycles. The third kappa shape index (κ3) is 10.6. The lowest BCUT2D eigenvalue weighted by Crippen LogP contribution is -2.03. The minimum absolute atomic E-state index is 0.266. The first-order valence-electron chi connectivity index (χ1n) is 12.0. The topological polar surface area (TPSA) is 71.8 Å². The molecule has 0 saturated heterocycles. The number of aromatic nitrogens is 2. The van der Waals surface area contributed by atoms with Gasteiger partial charge in [0.25, 0.3) is 0 Å². The Morgan fingerprint density at radius 3 is 1.90 bits per heavy atom. The second-order valence-corrected chi connectivity index (χ2v) is 8.75. The third-order valence-corrected chi connectivity index (χ3v) is 5.93. The molecule has 0 amide bonds. The van der Waals surface area contributed by atoms with Gasteiger partial charge in [0.15, 0.2) is 0 Å². The number of hydrogen-bond donors (Lipinski definition) is 2. The lowest BCUT2D eigenvalue weighted by atomic mass is 10.0. The molecular formula is C26H41N3O. The average Bonchev–Trinajstić information content (AvgIpc) is 3.14. The number of aryl methyl sites for hydroxylation is 2. The first-order chi connectivity index (χ1) is 14.6. The van der Waals surface area contributed by atoms with Crippen LogP contribution >= 0.6 is 0 Å². The molecule has 0 atom stereocenters. The predicted octanol–water partition coefficient (Wildman–Crippen LogP) is 6.73. The van der Waals surface area contributed by atoms with Crippen LogP contribution < -0.4 is 5.73 Å². The van der Waals surface area contributed by atoms with Gasteiger partial charge in [-0.15, -0.1) is 0 Å². The number of carbonyl (C=O) groups excluding carboxylic acids is 1. The molecule has 0 saturated carbocycles. The van der Waals surface area contributed by atoms with Gasteiger partial charge in [-0.05, 0) is 31.7 Å². The lowest BCUT2D eigenvalue weighted by molar-refractivity contribution is -0.118. The summed E-state index contributed by atoms with van der Waals surface area (Å²) in [5.41, 5.74) is 9.37. The summed E-state index contributed by atoms with van der Waals surface area (Å²) in [6.07, 6.45) is 19.6. The number of unbranched alkanes of at least 4 members (excludes halogenated alkanes) is 11. The van der Waals surface area contributed by atoms with E-state index in [9.17, 15) is 4.79 Å². The van der Waals surface area contributed by atoms with E-state index in [1.54, 1.807) is 6.20 Å². The van der Waals surface area contributed by atoms with Crippen LogP contribution in [0.25, 0.3) is 0 Å². The number of hydrogen-bond acceptors (Lipinski definition) is 3. The van der Waals surface area contributed by atoms with Crippen LogP contribution in [0.2, 0.25) is 0 Å². The number of rotatable bonds is 17. The highest BCUT2D eigenvalue weighted by molar-refractivity contribution is 5.81. The number of nitrogens with zero attached hydrogens (tertiary/aromatic N) is 1.